The normalized spacial score (nSPS) is 10.8. The van der Waals surface area contributed by atoms with Gasteiger partial charge in [-0.1, -0.05) is 66.7 Å². The van der Waals surface area contributed by atoms with Crippen LogP contribution in [0.4, 0.5) is 0 Å². The summed E-state index contributed by atoms with van der Waals surface area (Å²) in [5.74, 6) is 0. The monoisotopic (exact) mass is 365 g/mol. The number of benzene rings is 3. The molecule has 0 aliphatic heterocycles. The largest absolute Gasteiger partial charge is 0.330 e. The molecule has 0 saturated carbocycles. The maximum Gasteiger partial charge on any atom is 0.213 e. The molecule has 4 rings (SSSR count). The second kappa shape index (κ2) is 8.64. The van der Waals surface area contributed by atoms with Crippen LogP contribution in [0.25, 0.3) is 33.6 Å². The zero-order valence-corrected chi connectivity index (χ0v) is 16.0. The van der Waals surface area contributed by atoms with Crippen molar-refractivity contribution in [1.29, 1.82) is 0 Å². The van der Waals surface area contributed by atoms with Gasteiger partial charge in [0.2, 0.25) is 11.4 Å². The highest BCUT2D eigenvalue weighted by Gasteiger charge is 2.22. The SMILES string of the molecule is NCCC[n+]1c(-c2ccccc2)cc(-c2ccccc2)cc1-c1ccccc1. The summed E-state index contributed by atoms with van der Waals surface area (Å²) in [6, 6.07) is 36.4. The van der Waals surface area contributed by atoms with Gasteiger partial charge in [-0.15, -0.1) is 0 Å². The molecule has 2 nitrogen and oxygen atoms in total. The van der Waals surface area contributed by atoms with Gasteiger partial charge in [0.1, 0.15) is 0 Å². The van der Waals surface area contributed by atoms with Crippen LogP contribution < -0.4 is 10.3 Å². The van der Waals surface area contributed by atoms with Crippen LogP contribution in [0.3, 0.4) is 0 Å². The molecule has 0 aliphatic rings. The van der Waals surface area contributed by atoms with Crippen LogP contribution in [0.1, 0.15) is 6.42 Å². The molecule has 0 aliphatic carbocycles. The van der Waals surface area contributed by atoms with Crippen LogP contribution >= 0.6 is 0 Å². The minimum Gasteiger partial charge on any atom is -0.330 e. The Kier molecular flexibility index (Phi) is 5.60. The number of aromatic nitrogens is 1. The van der Waals surface area contributed by atoms with Gasteiger partial charge in [-0.3, -0.25) is 0 Å². The van der Waals surface area contributed by atoms with Crippen molar-refractivity contribution >= 4 is 0 Å². The van der Waals surface area contributed by atoms with Gasteiger partial charge in [0.15, 0.2) is 6.54 Å². The van der Waals surface area contributed by atoms with Gasteiger partial charge in [0, 0.05) is 29.7 Å². The highest BCUT2D eigenvalue weighted by Crippen LogP contribution is 2.29. The quantitative estimate of drug-likeness (QED) is 0.460. The van der Waals surface area contributed by atoms with E-state index < -0.39 is 0 Å². The maximum absolute atomic E-state index is 5.86. The molecule has 0 radical (unpaired) electrons. The molecule has 1 aromatic heterocycles. The molecule has 0 unspecified atom stereocenters. The number of rotatable bonds is 6. The first-order valence-electron chi connectivity index (χ1n) is 9.81. The molecule has 2 heteroatoms. The van der Waals surface area contributed by atoms with E-state index >= 15 is 0 Å². The predicted octanol–water partition coefficient (Wildman–Crippen LogP) is 5.32. The lowest BCUT2D eigenvalue weighted by atomic mass is 9.99. The van der Waals surface area contributed by atoms with Gasteiger partial charge < -0.3 is 5.73 Å². The highest BCUT2D eigenvalue weighted by atomic mass is 15.0. The Hall–Kier alpha value is -3.23. The molecule has 0 amide bonds. The molecule has 0 spiro atoms. The van der Waals surface area contributed by atoms with Crippen molar-refractivity contribution in [3.8, 4) is 33.6 Å². The molecule has 138 valence electrons. The van der Waals surface area contributed by atoms with E-state index in [1.807, 2.05) is 0 Å². The summed E-state index contributed by atoms with van der Waals surface area (Å²) in [5.41, 5.74) is 13.2. The van der Waals surface area contributed by atoms with E-state index in [0.717, 1.165) is 13.0 Å². The fourth-order valence-corrected chi connectivity index (χ4v) is 3.61. The average molecular weight is 366 g/mol. The summed E-state index contributed by atoms with van der Waals surface area (Å²) in [5, 5.41) is 0. The summed E-state index contributed by atoms with van der Waals surface area (Å²) in [4.78, 5) is 0. The third kappa shape index (κ3) is 3.88. The molecule has 1 heterocycles. The van der Waals surface area contributed by atoms with E-state index in [0.29, 0.717) is 6.54 Å². The van der Waals surface area contributed by atoms with Crippen LogP contribution in [-0.4, -0.2) is 6.54 Å². The van der Waals surface area contributed by atoms with Crippen LogP contribution in [-0.2, 0) is 6.54 Å². The van der Waals surface area contributed by atoms with Gasteiger partial charge in [-0.25, -0.2) is 0 Å². The average Bonchev–Trinajstić information content (AvgIpc) is 2.79. The van der Waals surface area contributed by atoms with Crippen molar-refractivity contribution in [3.05, 3.63) is 103 Å². The van der Waals surface area contributed by atoms with Gasteiger partial charge >= 0.3 is 0 Å². The van der Waals surface area contributed by atoms with E-state index in [-0.39, 0.29) is 0 Å². The van der Waals surface area contributed by atoms with Crippen LogP contribution in [0.5, 0.6) is 0 Å². The highest BCUT2D eigenvalue weighted by molar-refractivity contribution is 5.73. The lowest BCUT2D eigenvalue weighted by molar-refractivity contribution is -0.675. The molecule has 0 bridgehead atoms. The predicted molar refractivity (Wildman–Crippen MR) is 117 cm³/mol. The van der Waals surface area contributed by atoms with Crippen LogP contribution in [0.2, 0.25) is 0 Å². The van der Waals surface area contributed by atoms with Crippen molar-refractivity contribution in [3.63, 3.8) is 0 Å². The Labute approximate surface area is 166 Å². The number of pyridine rings is 1. The lowest BCUT2D eigenvalue weighted by Gasteiger charge is -2.12. The van der Waals surface area contributed by atoms with Gasteiger partial charge in [0.05, 0.1) is 0 Å². The second-order valence-electron chi connectivity index (χ2n) is 6.91. The maximum atomic E-state index is 5.86. The smallest absolute Gasteiger partial charge is 0.213 e. The van der Waals surface area contributed by atoms with Crippen molar-refractivity contribution in [2.24, 2.45) is 5.73 Å². The number of hydrogen-bond donors (Lipinski definition) is 1. The van der Waals surface area contributed by atoms with Crippen molar-refractivity contribution < 1.29 is 4.57 Å². The first kappa shape index (κ1) is 18.1. The second-order valence-corrected chi connectivity index (χ2v) is 6.91. The molecule has 28 heavy (non-hydrogen) atoms. The molecular formula is C26H25N2+. The molecular weight excluding hydrogens is 340 g/mol. The summed E-state index contributed by atoms with van der Waals surface area (Å²) in [7, 11) is 0. The van der Waals surface area contributed by atoms with E-state index in [4.69, 9.17) is 5.73 Å². The molecule has 2 N–H and O–H groups in total. The van der Waals surface area contributed by atoms with Gasteiger partial charge in [-0.05, 0) is 41.9 Å². The Morgan fingerprint density at radius 1 is 0.536 bits per heavy atom. The van der Waals surface area contributed by atoms with E-state index in [1.54, 1.807) is 0 Å². The lowest BCUT2D eigenvalue weighted by Crippen LogP contribution is -2.40. The third-order valence-electron chi connectivity index (χ3n) is 5.00. The van der Waals surface area contributed by atoms with Crippen molar-refractivity contribution in [2.75, 3.05) is 6.54 Å². The summed E-state index contributed by atoms with van der Waals surface area (Å²) in [6.45, 7) is 1.57. The van der Waals surface area contributed by atoms with Crippen LogP contribution in [0, 0.1) is 0 Å². The molecule has 3 aromatic carbocycles. The number of nitrogens with two attached hydrogens (primary N) is 1. The van der Waals surface area contributed by atoms with E-state index in [9.17, 15) is 0 Å². The molecule has 0 atom stereocenters. The Bertz CT molecular complexity index is 965. The summed E-state index contributed by atoms with van der Waals surface area (Å²) >= 11 is 0. The Balaban J connectivity index is 1.99. The first-order chi connectivity index (χ1) is 13.9. The summed E-state index contributed by atoms with van der Waals surface area (Å²) in [6.07, 6.45) is 0.940. The van der Waals surface area contributed by atoms with E-state index in [2.05, 4.69) is 108 Å². The van der Waals surface area contributed by atoms with E-state index in [1.165, 1.54) is 33.6 Å². The Morgan fingerprint density at radius 3 is 1.39 bits per heavy atom. The zero-order chi connectivity index (χ0) is 19.2. The topological polar surface area (TPSA) is 29.9 Å². The molecule has 0 saturated heterocycles. The first-order valence-corrected chi connectivity index (χ1v) is 9.81. The minimum absolute atomic E-state index is 0.676. The fourth-order valence-electron chi connectivity index (χ4n) is 3.61. The standard InChI is InChI=1S/C26H25N2/c27-17-10-18-28-25(22-13-6-2-7-14-22)19-24(21-11-4-1-5-12-21)20-26(28)23-15-8-3-9-16-23/h1-9,11-16,19-20H,10,17-18,27H2/q+1. The molecule has 0 fully saturated rings. The minimum atomic E-state index is 0.676. The summed E-state index contributed by atoms with van der Waals surface area (Å²) < 4.78 is 2.41. The van der Waals surface area contributed by atoms with Gasteiger partial charge in [-0.2, -0.15) is 4.57 Å². The number of hydrogen-bond acceptors (Lipinski definition) is 1. The fraction of sp³-hybridized carbons (Fsp3) is 0.115. The third-order valence-corrected chi connectivity index (χ3v) is 5.00. The Morgan fingerprint density at radius 2 is 0.964 bits per heavy atom. The number of nitrogens with zero attached hydrogens (tertiary/aromatic N) is 1. The van der Waals surface area contributed by atoms with Crippen LogP contribution in [0.15, 0.2) is 103 Å². The van der Waals surface area contributed by atoms with Gasteiger partial charge in [0.25, 0.3) is 0 Å². The molecule has 4 aromatic rings. The zero-order valence-electron chi connectivity index (χ0n) is 16.0. The van der Waals surface area contributed by atoms with Crippen molar-refractivity contribution in [2.45, 2.75) is 13.0 Å². The van der Waals surface area contributed by atoms with Crippen molar-refractivity contribution in [1.82, 2.24) is 0 Å².